The van der Waals surface area contributed by atoms with Gasteiger partial charge in [-0.1, -0.05) is 79.4 Å². The molecular weight excluding hydrogens is 388 g/mol. The number of benzene rings is 1. The molecule has 0 aliphatic rings. The number of para-hydroxylation sites is 1. The van der Waals surface area contributed by atoms with Crippen LogP contribution < -0.4 is 4.74 Å². The molecule has 0 N–H and O–H groups in total. The Morgan fingerprint density at radius 2 is 1.28 bits per heavy atom. The quantitative estimate of drug-likeness (QED) is 0.364. The predicted molar refractivity (Wildman–Crippen MR) is 134 cm³/mol. The molecule has 0 spiro atoms. The van der Waals surface area contributed by atoms with Crippen molar-refractivity contribution in [2.75, 3.05) is 7.11 Å². The molecule has 0 unspecified atom stereocenters. The fraction of sp³-hybridized carbons (Fsp3) is 0.760. The maximum Gasteiger partial charge on any atom is 0.193 e. The third-order valence-corrected chi connectivity index (χ3v) is 16.9. The second kappa shape index (κ2) is 8.16. The molecule has 0 radical (unpaired) electrons. The second-order valence-electron chi connectivity index (χ2n) is 12.6. The summed E-state index contributed by atoms with van der Waals surface area (Å²) in [7, 11) is -1.71. The third kappa shape index (κ3) is 5.37. The van der Waals surface area contributed by atoms with Gasteiger partial charge in [0.05, 0.1) is 15.2 Å². The van der Waals surface area contributed by atoms with Gasteiger partial charge in [0.15, 0.2) is 8.32 Å². The Morgan fingerprint density at radius 3 is 1.72 bits per heavy atom. The van der Waals surface area contributed by atoms with E-state index in [1.165, 1.54) is 5.56 Å². The van der Waals surface area contributed by atoms with Crippen molar-refractivity contribution in [1.82, 2.24) is 0 Å². The molecule has 0 aliphatic heterocycles. The largest absolute Gasteiger partial charge is 0.496 e. The zero-order valence-corrected chi connectivity index (χ0v) is 23.8. The molecule has 0 fully saturated rings. The van der Waals surface area contributed by atoms with Gasteiger partial charge in [-0.3, -0.25) is 0 Å². The van der Waals surface area contributed by atoms with Gasteiger partial charge < -0.3 is 9.16 Å². The molecule has 2 nitrogen and oxygen atoms in total. The Morgan fingerprint density at radius 1 is 0.793 bits per heavy atom. The molecule has 0 aromatic heterocycles. The van der Waals surface area contributed by atoms with Crippen molar-refractivity contribution >= 4 is 16.4 Å². The summed E-state index contributed by atoms with van der Waals surface area (Å²) < 4.78 is 12.8. The Hall–Kier alpha value is -0.586. The first-order valence-corrected chi connectivity index (χ1v) is 17.5. The summed E-state index contributed by atoms with van der Waals surface area (Å²) in [5, 5.41) is 0.0600. The summed E-state index contributed by atoms with van der Waals surface area (Å²) in [6, 6.07) is 8.47. The zero-order chi connectivity index (χ0) is 23.1. The third-order valence-electron chi connectivity index (χ3n) is 8.23. The van der Waals surface area contributed by atoms with Crippen LogP contribution in [0.2, 0.25) is 37.8 Å². The molecule has 1 rings (SSSR count). The van der Waals surface area contributed by atoms with Gasteiger partial charge in [-0.15, -0.1) is 0 Å². The van der Waals surface area contributed by atoms with Gasteiger partial charge in [-0.25, -0.2) is 0 Å². The van der Waals surface area contributed by atoms with Crippen molar-refractivity contribution in [2.24, 2.45) is 5.41 Å². The summed E-state index contributed by atoms with van der Waals surface area (Å²) in [6.07, 6.45) is 1.07. The van der Waals surface area contributed by atoms with Crippen molar-refractivity contribution in [3.63, 3.8) is 0 Å². The lowest BCUT2D eigenvalue weighted by Gasteiger charge is -2.56. The fourth-order valence-corrected chi connectivity index (χ4v) is 9.60. The van der Waals surface area contributed by atoms with Gasteiger partial charge in [-0.2, -0.15) is 0 Å². The molecule has 4 heteroatoms. The van der Waals surface area contributed by atoms with E-state index in [2.05, 4.69) is 112 Å². The van der Waals surface area contributed by atoms with Gasteiger partial charge in [0.1, 0.15) is 5.75 Å². The van der Waals surface area contributed by atoms with Crippen molar-refractivity contribution < 1.29 is 9.16 Å². The first-order chi connectivity index (χ1) is 12.7. The average molecular weight is 437 g/mol. The van der Waals surface area contributed by atoms with Crippen LogP contribution in [0, 0.1) is 5.41 Å². The highest BCUT2D eigenvalue weighted by Crippen LogP contribution is 2.58. The van der Waals surface area contributed by atoms with Gasteiger partial charge in [-0.05, 0) is 60.9 Å². The number of rotatable bonds is 9. The van der Waals surface area contributed by atoms with Crippen LogP contribution in [0.4, 0.5) is 0 Å². The van der Waals surface area contributed by atoms with Crippen LogP contribution in [-0.2, 0) is 9.84 Å². The van der Waals surface area contributed by atoms with Crippen LogP contribution in [0.15, 0.2) is 24.3 Å². The van der Waals surface area contributed by atoms with E-state index in [0.29, 0.717) is 0 Å². The fourth-order valence-electron chi connectivity index (χ4n) is 4.36. The van der Waals surface area contributed by atoms with E-state index in [4.69, 9.17) is 9.16 Å². The Balaban J connectivity index is 3.28. The zero-order valence-electron chi connectivity index (χ0n) is 21.8. The number of ether oxygens (including phenoxy) is 1. The van der Waals surface area contributed by atoms with Gasteiger partial charge in [0.25, 0.3) is 0 Å². The van der Waals surface area contributed by atoms with Crippen LogP contribution in [0.5, 0.6) is 5.75 Å². The van der Waals surface area contributed by atoms with Crippen LogP contribution in [0.3, 0.4) is 0 Å². The maximum absolute atomic E-state index is 7.08. The second-order valence-corrected chi connectivity index (χ2v) is 22.8. The Labute approximate surface area is 183 Å². The van der Waals surface area contributed by atoms with Gasteiger partial charge in [0, 0.05) is 5.22 Å². The average Bonchev–Trinajstić information content (AvgIpc) is 2.51. The van der Waals surface area contributed by atoms with Gasteiger partial charge >= 0.3 is 0 Å². The van der Waals surface area contributed by atoms with Crippen molar-refractivity contribution in [3.8, 4) is 5.75 Å². The summed E-state index contributed by atoms with van der Waals surface area (Å²) in [5.41, 5.74) is 1.39. The van der Waals surface area contributed by atoms with Gasteiger partial charge in [0.2, 0.25) is 0 Å². The van der Waals surface area contributed by atoms with Crippen LogP contribution in [-0.4, -0.2) is 28.7 Å². The number of methoxy groups -OCH3 is 1. The minimum absolute atomic E-state index is 0.00610. The lowest BCUT2D eigenvalue weighted by Crippen LogP contribution is -2.60. The first-order valence-electron chi connectivity index (χ1n) is 11.1. The van der Waals surface area contributed by atoms with Crippen molar-refractivity contribution in [3.05, 3.63) is 29.8 Å². The Kier molecular flexibility index (Phi) is 7.44. The smallest absolute Gasteiger partial charge is 0.193 e. The maximum atomic E-state index is 7.08. The Bertz CT molecular complexity index is 695. The lowest BCUT2D eigenvalue weighted by atomic mass is 9.66. The highest BCUT2D eigenvalue weighted by Gasteiger charge is 2.55. The number of hydrogen-bond acceptors (Lipinski definition) is 2. The molecular formula is C25H48O2Si2. The summed E-state index contributed by atoms with van der Waals surface area (Å²) >= 11 is 0. The normalized spacial score (nSPS) is 14.8. The molecule has 1 aromatic carbocycles. The minimum atomic E-state index is -2.03. The predicted octanol–water partition coefficient (Wildman–Crippen LogP) is 8.05. The highest BCUT2D eigenvalue weighted by molar-refractivity contribution is 6.81. The van der Waals surface area contributed by atoms with E-state index in [9.17, 15) is 0 Å². The van der Waals surface area contributed by atoms with Crippen molar-refractivity contribution in [1.29, 1.82) is 0 Å². The van der Waals surface area contributed by atoms with E-state index >= 15 is 0 Å². The summed E-state index contributed by atoms with van der Waals surface area (Å²) in [4.78, 5) is 0. The molecule has 0 aliphatic carbocycles. The molecule has 168 valence electrons. The molecule has 1 aromatic rings. The van der Waals surface area contributed by atoms with Crippen molar-refractivity contribution in [2.45, 2.75) is 110 Å². The molecule has 0 saturated heterocycles. The highest BCUT2D eigenvalue weighted by atomic mass is 28.4. The topological polar surface area (TPSA) is 18.5 Å². The standard InChI is InChI=1S/C25H48O2Si2/c1-22(2,20-17-15-16-18-21(20)26-9)19-23(3,4)24(5,6)29(13,14)27-25(7,8)28(10,11)12/h15-18H,19H2,1-14H3. The molecule has 0 atom stereocenters. The van der Waals surface area contributed by atoms with E-state index in [-0.39, 0.29) is 21.1 Å². The molecule has 0 heterocycles. The van der Waals surface area contributed by atoms with Crippen LogP contribution in [0.25, 0.3) is 0 Å². The lowest BCUT2D eigenvalue weighted by molar-refractivity contribution is 0.119. The SMILES string of the molecule is COc1ccccc1C(C)(C)CC(C)(C)C(C)(C)[Si](C)(C)OC(C)(C)[Si](C)(C)C. The first kappa shape index (κ1) is 26.4. The molecule has 0 bridgehead atoms. The van der Waals surface area contributed by atoms with E-state index in [0.717, 1.165) is 12.2 Å². The van der Waals surface area contributed by atoms with Crippen LogP contribution >= 0.6 is 0 Å². The van der Waals surface area contributed by atoms with E-state index in [1.807, 2.05) is 0 Å². The summed E-state index contributed by atoms with van der Waals surface area (Å²) in [6.45, 7) is 31.2. The minimum Gasteiger partial charge on any atom is -0.496 e. The monoisotopic (exact) mass is 436 g/mol. The molecule has 0 saturated carbocycles. The number of hydrogen-bond donors (Lipinski definition) is 0. The summed E-state index contributed by atoms with van der Waals surface area (Å²) in [5.74, 6) is 0.985. The molecule has 29 heavy (non-hydrogen) atoms. The van der Waals surface area contributed by atoms with E-state index < -0.39 is 16.4 Å². The van der Waals surface area contributed by atoms with Crippen LogP contribution in [0.1, 0.15) is 67.4 Å². The van der Waals surface area contributed by atoms with E-state index in [1.54, 1.807) is 7.11 Å². The molecule has 0 amide bonds.